The van der Waals surface area contributed by atoms with Crippen molar-refractivity contribution in [3.63, 3.8) is 0 Å². The van der Waals surface area contributed by atoms with Crippen molar-refractivity contribution < 1.29 is 59.0 Å². The normalized spacial score (nSPS) is 30.9. The fraction of sp³-hybridized carbons (Fsp3) is 0.821. The number of hydrogen-bond acceptors (Lipinski definition) is 11. The van der Waals surface area contributed by atoms with E-state index in [-0.39, 0.29) is 0 Å². The maximum atomic E-state index is 14.2. The summed E-state index contributed by atoms with van der Waals surface area (Å²) in [6, 6.07) is 0. The first-order valence-electron chi connectivity index (χ1n) is 13.0. The van der Waals surface area contributed by atoms with Gasteiger partial charge in [0.2, 0.25) is 11.2 Å². The Morgan fingerprint density at radius 1 is 0.700 bits per heavy atom. The van der Waals surface area contributed by atoms with Crippen molar-refractivity contribution in [2.75, 3.05) is 6.61 Å². The molecule has 1 unspecified atom stereocenters. The lowest BCUT2D eigenvalue weighted by molar-refractivity contribution is -0.376. The molecule has 0 aromatic carbocycles. The number of carboxylic acid groups (broad SMARTS) is 1. The van der Waals surface area contributed by atoms with Gasteiger partial charge in [-0.1, -0.05) is 83.1 Å². The fourth-order valence-electron chi connectivity index (χ4n) is 4.79. The molecule has 0 saturated carbocycles. The highest BCUT2D eigenvalue weighted by Crippen LogP contribution is 2.53. The summed E-state index contributed by atoms with van der Waals surface area (Å²) in [6.45, 7) is 14.7. The molecule has 0 radical (unpaired) electrons. The first-order chi connectivity index (χ1) is 17.4. The van der Waals surface area contributed by atoms with E-state index in [4.69, 9.17) is 9.47 Å². The van der Waals surface area contributed by atoms with Gasteiger partial charge in [0.05, 0.1) is 0 Å². The van der Waals surface area contributed by atoms with Gasteiger partial charge < -0.3 is 35.0 Å². The highest BCUT2D eigenvalue weighted by molar-refractivity contribution is 6.10. The molecule has 40 heavy (non-hydrogen) atoms. The van der Waals surface area contributed by atoms with Crippen LogP contribution in [0.4, 0.5) is 0 Å². The molecule has 12 heteroatoms. The quantitative estimate of drug-likeness (QED) is 0.273. The summed E-state index contributed by atoms with van der Waals surface area (Å²) >= 11 is 0. The maximum absolute atomic E-state index is 14.2. The smallest absolute Gasteiger partial charge is 0.329 e. The van der Waals surface area contributed by atoms with Crippen molar-refractivity contribution in [1.29, 1.82) is 0 Å². The topological polar surface area (TPSA) is 205 Å². The number of aliphatic hydroxyl groups is 4. The van der Waals surface area contributed by atoms with Crippen LogP contribution in [0.1, 0.15) is 83.1 Å². The third-order valence-electron chi connectivity index (χ3n) is 6.84. The zero-order valence-corrected chi connectivity index (χ0v) is 25.5. The Morgan fingerprint density at radius 3 is 1.40 bits per heavy atom. The molecule has 6 atom stereocenters. The number of carboxylic acids is 1. The minimum absolute atomic E-state index is 0.993. The van der Waals surface area contributed by atoms with Crippen LogP contribution < -0.4 is 0 Å². The van der Waals surface area contributed by atoms with Gasteiger partial charge in [-0.3, -0.25) is 19.2 Å². The SMILES string of the molecule is CC(C)(C)C(=O)C(O)[C@H]1O[C@H](OCC(=O)O)[C@@](O)(C(=O)C(C)(C)C)[C@](O)(C(=O)C(C)(C)C)[C@@]1(O)C(=O)C(C)(C)C. The third kappa shape index (κ3) is 5.79. The van der Waals surface area contributed by atoms with E-state index in [1.807, 2.05) is 0 Å². The van der Waals surface area contributed by atoms with Crippen LogP contribution in [0.2, 0.25) is 0 Å². The number of ketones is 4. The van der Waals surface area contributed by atoms with Gasteiger partial charge in [-0.25, -0.2) is 4.79 Å². The molecular weight excluding hydrogens is 528 g/mol. The Balaban J connectivity index is 4.48. The van der Waals surface area contributed by atoms with E-state index in [0.717, 1.165) is 0 Å². The number of aliphatic hydroxyl groups excluding tert-OH is 1. The second-order valence-corrected chi connectivity index (χ2v) is 14.6. The molecule has 230 valence electrons. The Labute approximate surface area is 235 Å². The fourth-order valence-corrected chi connectivity index (χ4v) is 4.79. The molecule has 1 aliphatic rings. The monoisotopic (exact) mass is 574 g/mol. The van der Waals surface area contributed by atoms with Crippen LogP contribution >= 0.6 is 0 Å². The second-order valence-electron chi connectivity index (χ2n) is 14.6. The first kappa shape index (κ1) is 35.9. The van der Waals surface area contributed by atoms with Gasteiger partial charge in [0, 0.05) is 21.7 Å². The van der Waals surface area contributed by atoms with Crippen molar-refractivity contribution in [1.82, 2.24) is 0 Å². The average molecular weight is 575 g/mol. The molecule has 1 rings (SSSR count). The molecule has 5 N–H and O–H groups in total. The summed E-state index contributed by atoms with van der Waals surface area (Å²) in [5, 5.41) is 57.6. The lowest BCUT2D eigenvalue weighted by Crippen LogP contribution is -2.90. The van der Waals surface area contributed by atoms with Gasteiger partial charge in [-0.15, -0.1) is 0 Å². The maximum Gasteiger partial charge on any atom is 0.329 e. The van der Waals surface area contributed by atoms with Gasteiger partial charge in [0.1, 0.15) is 18.8 Å². The molecule has 0 bridgehead atoms. The summed E-state index contributed by atoms with van der Waals surface area (Å²) in [4.78, 5) is 66.9. The molecule has 0 aromatic rings. The highest BCUT2D eigenvalue weighted by Gasteiger charge is 2.83. The number of rotatable bonds is 8. The standard InChI is InChI=1S/C28H46O12/c1-22(2,3)16(32)15(31)17-26(36,18(33)23(4,5)6)28(38,20(35)25(10,11)12)27(37,19(34)24(7,8)9)21(40-17)39-13-14(29)30/h15,17,21,31,36-38H,13H2,1-12H3,(H,29,30)/t15?,17-,21+,26+,27+,28+/m1/s1. The van der Waals surface area contributed by atoms with Gasteiger partial charge in [0.25, 0.3) is 0 Å². The zero-order chi connectivity index (χ0) is 32.2. The molecule has 1 heterocycles. The number of carbonyl (C=O) groups excluding carboxylic acids is 4. The molecular formula is C28H46O12. The van der Waals surface area contributed by atoms with Crippen LogP contribution in [0.5, 0.6) is 0 Å². The van der Waals surface area contributed by atoms with Crippen LogP contribution in [0.15, 0.2) is 0 Å². The molecule has 0 aliphatic carbocycles. The molecule has 1 saturated heterocycles. The number of hydrogen-bond donors (Lipinski definition) is 5. The molecule has 0 spiro atoms. The van der Waals surface area contributed by atoms with Crippen LogP contribution in [0, 0.1) is 21.7 Å². The summed E-state index contributed by atoms with van der Waals surface area (Å²) in [5.41, 5.74) is -17.3. The van der Waals surface area contributed by atoms with Crippen molar-refractivity contribution in [3.8, 4) is 0 Å². The van der Waals surface area contributed by atoms with E-state index in [9.17, 15) is 49.5 Å². The van der Waals surface area contributed by atoms with Crippen molar-refractivity contribution in [2.45, 2.75) is 118 Å². The van der Waals surface area contributed by atoms with E-state index >= 15 is 0 Å². The minimum Gasteiger partial charge on any atom is -0.480 e. The molecule has 12 nitrogen and oxygen atoms in total. The Bertz CT molecular complexity index is 1050. The highest BCUT2D eigenvalue weighted by atomic mass is 16.7. The van der Waals surface area contributed by atoms with Crippen molar-refractivity contribution in [2.24, 2.45) is 21.7 Å². The van der Waals surface area contributed by atoms with E-state index < -0.39 is 92.7 Å². The van der Waals surface area contributed by atoms with Crippen LogP contribution in [-0.4, -0.2) is 96.5 Å². The van der Waals surface area contributed by atoms with E-state index in [0.29, 0.717) is 0 Å². The van der Waals surface area contributed by atoms with Gasteiger partial charge in [0.15, 0.2) is 35.0 Å². The summed E-state index contributed by atoms with van der Waals surface area (Å²) in [7, 11) is 0. The Hall–Kier alpha value is -2.09. The van der Waals surface area contributed by atoms with Gasteiger partial charge in [-0.05, 0) is 0 Å². The predicted molar refractivity (Wildman–Crippen MR) is 141 cm³/mol. The Kier molecular flexibility index (Phi) is 9.55. The summed E-state index contributed by atoms with van der Waals surface area (Å²) in [5.74, 6) is -6.71. The lowest BCUT2D eigenvalue weighted by Gasteiger charge is -2.61. The first-order valence-corrected chi connectivity index (χ1v) is 13.0. The van der Waals surface area contributed by atoms with Crippen LogP contribution in [-0.2, 0) is 33.4 Å². The molecule has 1 aliphatic heterocycles. The third-order valence-corrected chi connectivity index (χ3v) is 6.84. The van der Waals surface area contributed by atoms with Crippen molar-refractivity contribution in [3.05, 3.63) is 0 Å². The van der Waals surface area contributed by atoms with Gasteiger partial charge >= 0.3 is 5.97 Å². The second kappa shape index (κ2) is 10.6. The molecule has 0 amide bonds. The van der Waals surface area contributed by atoms with Crippen LogP contribution in [0.25, 0.3) is 0 Å². The average Bonchev–Trinajstić information content (AvgIpc) is 2.76. The predicted octanol–water partition coefficient (Wildman–Crippen LogP) is 0.828. The molecule has 0 aromatic heterocycles. The Morgan fingerprint density at radius 2 is 1.07 bits per heavy atom. The van der Waals surface area contributed by atoms with Crippen LogP contribution in [0.3, 0.4) is 0 Å². The van der Waals surface area contributed by atoms with E-state index in [1.54, 1.807) is 0 Å². The van der Waals surface area contributed by atoms with E-state index in [2.05, 4.69) is 0 Å². The summed E-state index contributed by atoms with van der Waals surface area (Å²) < 4.78 is 10.8. The summed E-state index contributed by atoms with van der Waals surface area (Å²) in [6.07, 6.45) is -7.44. The molecule has 1 fully saturated rings. The number of carbonyl (C=O) groups is 5. The number of ether oxygens (including phenoxy) is 2. The number of aliphatic carboxylic acids is 1. The van der Waals surface area contributed by atoms with E-state index in [1.165, 1.54) is 83.1 Å². The van der Waals surface area contributed by atoms with Crippen molar-refractivity contribution >= 4 is 29.1 Å². The van der Waals surface area contributed by atoms with Gasteiger partial charge in [-0.2, -0.15) is 0 Å². The number of Topliss-reactive ketones (excluding diaryl/α,β-unsaturated/α-hetero) is 4. The largest absolute Gasteiger partial charge is 0.480 e. The lowest BCUT2D eigenvalue weighted by atomic mass is 9.52. The zero-order valence-electron chi connectivity index (χ0n) is 25.5. The minimum atomic E-state index is -3.82.